The number of esters is 1. The first-order valence-electron chi connectivity index (χ1n) is 6.76. The highest BCUT2D eigenvalue weighted by atomic mass is 35.5. The normalized spacial score (nSPS) is 12.0. The van der Waals surface area contributed by atoms with E-state index in [1.165, 1.54) is 18.4 Å². The van der Waals surface area contributed by atoms with Crippen molar-refractivity contribution in [3.05, 3.63) is 29.3 Å². The number of carbonyl (C=O) groups is 1. The maximum atomic E-state index is 12.3. The van der Waals surface area contributed by atoms with Gasteiger partial charge in [0.1, 0.15) is 4.21 Å². The van der Waals surface area contributed by atoms with Crippen molar-refractivity contribution >= 4 is 49.0 Å². The standard InChI is InChI=1S/C14H17ClN2O4S2/c1-17(9-13(18)21-2)6-5-16-23(19,20)14-8-10-7-11(15)3-4-12(10)22-14/h3-4,7-8,16H,5-6,9H2,1-2H3. The lowest BCUT2D eigenvalue weighted by Gasteiger charge is -2.14. The highest BCUT2D eigenvalue weighted by molar-refractivity contribution is 7.91. The van der Waals surface area contributed by atoms with Crippen LogP contribution in [-0.4, -0.2) is 53.1 Å². The van der Waals surface area contributed by atoms with Crippen LogP contribution in [0.2, 0.25) is 5.02 Å². The topological polar surface area (TPSA) is 75.7 Å². The van der Waals surface area contributed by atoms with Gasteiger partial charge in [-0.2, -0.15) is 0 Å². The van der Waals surface area contributed by atoms with Crippen LogP contribution in [0.25, 0.3) is 10.1 Å². The maximum Gasteiger partial charge on any atom is 0.319 e. The fourth-order valence-corrected chi connectivity index (χ4v) is 4.55. The maximum absolute atomic E-state index is 12.3. The van der Waals surface area contributed by atoms with Gasteiger partial charge in [-0.25, -0.2) is 13.1 Å². The summed E-state index contributed by atoms with van der Waals surface area (Å²) in [6.45, 7) is 0.704. The summed E-state index contributed by atoms with van der Waals surface area (Å²) in [4.78, 5) is 12.8. The Kier molecular flexibility index (Phi) is 5.99. The second kappa shape index (κ2) is 7.59. The first-order valence-corrected chi connectivity index (χ1v) is 9.44. The molecule has 0 saturated heterocycles. The molecule has 1 aromatic heterocycles. The van der Waals surface area contributed by atoms with E-state index in [4.69, 9.17) is 11.6 Å². The highest BCUT2D eigenvalue weighted by Gasteiger charge is 2.17. The number of thiophene rings is 1. The van der Waals surface area contributed by atoms with E-state index in [9.17, 15) is 13.2 Å². The number of likely N-dealkylation sites (N-methyl/N-ethyl adjacent to an activating group) is 1. The highest BCUT2D eigenvalue weighted by Crippen LogP contribution is 2.30. The molecular weight excluding hydrogens is 360 g/mol. The van der Waals surface area contributed by atoms with Gasteiger partial charge in [-0.3, -0.25) is 9.69 Å². The molecule has 0 fully saturated rings. The van der Waals surface area contributed by atoms with Gasteiger partial charge in [0.2, 0.25) is 10.0 Å². The lowest BCUT2D eigenvalue weighted by molar-refractivity contribution is -0.141. The molecule has 0 atom stereocenters. The Morgan fingerprint density at radius 3 is 2.83 bits per heavy atom. The van der Waals surface area contributed by atoms with Crippen LogP contribution in [0.15, 0.2) is 28.5 Å². The van der Waals surface area contributed by atoms with E-state index in [-0.39, 0.29) is 23.3 Å². The number of carbonyl (C=O) groups excluding carboxylic acids is 1. The molecule has 6 nitrogen and oxygen atoms in total. The van der Waals surface area contributed by atoms with Crippen molar-refractivity contribution in [1.82, 2.24) is 9.62 Å². The average Bonchev–Trinajstić information content (AvgIpc) is 2.90. The molecule has 0 bridgehead atoms. The molecule has 2 aromatic rings. The first-order chi connectivity index (χ1) is 10.8. The summed E-state index contributed by atoms with van der Waals surface area (Å²) in [6, 6.07) is 6.86. The second-order valence-electron chi connectivity index (χ2n) is 4.96. The fraction of sp³-hybridized carbons (Fsp3) is 0.357. The number of halogens is 1. The molecule has 0 spiro atoms. The predicted octanol–water partition coefficient (Wildman–Crippen LogP) is 1.94. The van der Waals surface area contributed by atoms with E-state index in [0.29, 0.717) is 11.6 Å². The van der Waals surface area contributed by atoms with E-state index in [2.05, 4.69) is 9.46 Å². The van der Waals surface area contributed by atoms with Gasteiger partial charge in [-0.15, -0.1) is 11.3 Å². The van der Waals surface area contributed by atoms with E-state index < -0.39 is 10.0 Å². The zero-order chi connectivity index (χ0) is 17.0. The van der Waals surface area contributed by atoms with Crippen molar-refractivity contribution in [2.45, 2.75) is 4.21 Å². The summed E-state index contributed by atoms with van der Waals surface area (Å²) < 4.78 is 32.8. The van der Waals surface area contributed by atoms with Gasteiger partial charge in [0.25, 0.3) is 0 Å². The average molecular weight is 377 g/mol. The number of methoxy groups -OCH3 is 1. The summed E-state index contributed by atoms with van der Waals surface area (Å²) in [5.41, 5.74) is 0. The Bertz CT molecular complexity index is 804. The Balaban J connectivity index is 1.99. The van der Waals surface area contributed by atoms with Gasteiger partial charge in [0.05, 0.1) is 13.7 Å². The van der Waals surface area contributed by atoms with E-state index in [1.807, 2.05) is 0 Å². The number of ether oxygens (including phenoxy) is 1. The molecule has 0 radical (unpaired) electrons. The number of hydrogen-bond acceptors (Lipinski definition) is 6. The van der Waals surface area contributed by atoms with Gasteiger partial charge in [-0.05, 0) is 36.7 Å². The van der Waals surface area contributed by atoms with Crippen molar-refractivity contribution in [3.63, 3.8) is 0 Å². The van der Waals surface area contributed by atoms with Crippen molar-refractivity contribution in [1.29, 1.82) is 0 Å². The minimum Gasteiger partial charge on any atom is -0.468 e. The number of hydrogen-bond donors (Lipinski definition) is 1. The largest absolute Gasteiger partial charge is 0.468 e. The summed E-state index contributed by atoms with van der Waals surface area (Å²) >= 11 is 7.10. The van der Waals surface area contributed by atoms with Crippen LogP contribution in [0.4, 0.5) is 0 Å². The monoisotopic (exact) mass is 376 g/mol. The number of nitrogens with one attached hydrogen (secondary N) is 1. The number of fused-ring (bicyclic) bond motifs is 1. The Morgan fingerprint density at radius 1 is 1.39 bits per heavy atom. The Labute approximate surface area is 144 Å². The van der Waals surface area contributed by atoms with Crippen molar-refractivity contribution in [2.24, 2.45) is 0 Å². The number of sulfonamides is 1. The predicted molar refractivity (Wildman–Crippen MR) is 91.5 cm³/mol. The summed E-state index contributed by atoms with van der Waals surface area (Å²) in [5.74, 6) is -0.364. The third-order valence-corrected chi connectivity index (χ3v) is 6.42. The van der Waals surface area contributed by atoms with Gasteiger partial charge in [0.15, 0.2) is 0 Å². The number of benzene rings is 1. The zero-order valence-electron chi connectivity index (χ0n) is 12.7. The Hall–Kier alpha value is -1.19. The quantitative estimate of drug-likeness (QED) is 0.747. The Morgan fingerprint density at radius 2 is 2.13 bits per heavy atom. The molecule has 0 aliphatic heterocycles. The SMILES string of the molecule is COC(=O)CN(C)CCNS(=O)(=O)c1cc2cc(Cl)ccc2s1. The molecule has 23 heavy (non-hydrogen) atoms. The van der Waals surface area contributed by atoms with Crippen molar-refractivity contribution < 1.29 is 17.9 Å². The van der Waals surface area contributed by atoms with Gasteiger partial charge in [-0.1, -0.05) is 11.6 Å². The summed E-state index contributed by atoms with van der Waals surface area (Å²) in [6.07, 6.45) is 0. The van der Waals surface area contributed by atoms with E-state index in [0.717, 1.165) is 10.1 Å². The summed E-state index contributed by atoms with van der Waals surface area (Å²) in [5, 5.41) is 1.36. The molecule has 126 valence electrons. The molecule has 0 aliphatic carbocycles. The lowest BCUT2D eigenvalue weighted by Crippen LogP contribution is -2.35. The first kappa shape index (κ1) is 18.2. The molecule has 0 amide bonds. The molecule has 1 heterocycles. The van der Waals surface area contributed by atoms with Crippen LogP contribution in [0.5, 0.6) is 0 Å². The third kappa shape index (κ3) is 4.89. The van der Waals surface area contributed by atoms with Crippen molar-refractivity contribution in [2.75, 3.05) is 33.8 Å². The zero-order valence-corrected chi connectivity index (χ0v) is 15.1. The third-order valence-electron chi connectivity index (χ3n) is 3.13. The molecular formula is C14H17ClN2O4S2. The van der Waals surface area contributed by atoms with Crippen LogP contribution < -0.4 is 4.72 Å². The van der Waals surface area contributed by atoms with Crippen LogP contribution in [0, 0.1) is 0 Å². The smallest absolute Gasteiger partial charge is 0.319 e. The molecule has 1 N–H and O–H groups in total. The van der Waals surface area contributed by atoms with Gasteiger partial charge in [0, 0.05) is 22.8 Å². The number of rotatable bonds is 7. The molecule has 0 unspecified atom stereocenters. The van der Waals surface area contributed by atoms with Gasteiger partial charge >= 0.3 is 5.97 Å². The molecule has 1 aromatic carbocycles. The van der Waals surface area contributed by atoms with E-state index >= 15 is 0 Å². The van der Waals surface area contributed by atoms with Crippen LogP contribution in [0.3, 0.4) is 0 Å². The summed E-state index contributed by atoms with van der Waals surface area (Å²) in [7, 11) is -0.555. The fourth-order valence-electron chi connectivity index (χ4n) is 1.93. The molecule has 9 heteroatoms. The lowest BCUT2D eigenvalue weighted by atomic mass is 10.3. The van der Waals surface area contributed by atoms with Crippen LogP contribution in [-0.2, 0) is 19.6 Å². The van der Waals surface area contributed by atoms with Gasteiger partial charge < -0.3 is 4.74 Å². The van der Waals surface area contributed by atoms with Crippen molar-refractivity contribution in [3.8, 4) is 0 Å². The molecule has 0 saturated carbocycles. The van der Waals surface area contributed by atoms with E-state index in [1.54, 1.807) is 36.2 Å². The van der Waals surface area contributed by atoms with Crippen LogP contribution in [0.1, 0.15) is 0 Å². The molecule has 0 aliphatic rings. The van der Waals surface area contributed by atoms with Crippen LogP contribution >= 0.6 is 22.9 Å². The number of nitrogens with zero attached hydrogens (tertiary/aromatic N) is 1. The molecule has 2 rings (SSSR count). The minimum atomic E-state index is -3.58. The second-order valence-corrected chi connectivity index (χ2v) is 8.47. The minimum absolute atomic E-state index is 0.111.